The van der Waals surface area contributed by atoms with Crippen LogP contribution in [0.15, 0.2) is 53.1 Å². The van der Waals surface area contributed by atoms with Gasteiger partial charge in [0.2, 0.25) is 5.91 Å². The standard InChI is InChI=1S/C26H36N6O4S/c1-5-23(25(35)31-14-20(34)17-37-16-19-10-8-7-9-11-19)32(6-2)26(36)24(28)30-15-21(27)22(29-4)13-12-18(3)33/h6-11,23,27H,2,5,12-17H2,1,3-4H3,(H2,28,30)(H,31,35). The number of amidine groups is 1. The summed E-state index contributed by atoms with van der Waals surface area (Å²) in [4.78, 5) is 58.1. The molecule has 1 aromatic carbocycles. The lowest BCUT2D eigenvalue weighted by Crippen LogP contribution is -2.51. The van der Waals surface area contributed by atoms with Gasteiger partial charge in [0.05, 0.1) is 30.3 Å². The summed E-state index contributed by atoms with van der Waals surface area (Å²) in [5.41, 5.74) is 7.41. The quantitative estimate of drug-likeness (QED) is 0.220. The third kappa shape index (κ3) is 11.3. The molecule has 4 N–H and O–H groups in total. The molecule has 0 aliphatic rings. The van der Waals surface area contributed by atoms with Crippen LogP contribution in [-0.2, 0) is 24.9 Å². The molecule has 0 spiro atoms. The van der Waals surface area contributed by atoms with Gasteiger partial charge in [-0.05, 0) is 25.3 Å². The smallest absolute Gasteiger partial charge is 0.293 e. The molecular formula is C26H36N6O4S. The average Bonchev–Trinajstić information content (AvgIpc) is 2.89. The van der Waals surface area contributed by atoms with Gasteiger partial charge in [-0.1, -0.05) is 43.8 Å². The van der Waals surface area contributed by atoms with E-state index in [1.807, 2.05) is 30.3 Å². The van der Waals surface area contributed by atoms with Gasteiger partial charge < -0.3 is 26.2 Å². The van der Waals surface area contributed by atoms with Crippen molar-refractivity contribution in [2.75, 3.05) is 25.9 Å². The first-order chi connectivity index (χ1) is 17.6. The average molecular weight is 529 g/mol. The van der Waals surface area contributed by atoms with Crippen molar-refractivity contribution >= 4 is 52.4 Å². The van der Waals surface area contributed by atoms with Gasteiger partial charge in [-0.2, -0.15) is 0 Å². The maximum absolute atomic E-state index is 12.9. The molecule has 0 bridgehead atoms. The number of hydrogen-bond donors (Lipinski definition) is 3. The molecule has 0 aliphatic heterocycles. The van der Waals surface area contributed by atoms with E-state index >= 15 is 0 Å². The van der Waals surface area contributed by atoms with Gasteiger partial charge in [-0.25, -0.2) is 0 Å². The van der Waals surface area contributed by atoms with Crippen LogP contribution in [-0.4, -0.2) is 77.5 Å². The molecule has 1 aromatic rings. The van der Waals surface area contributed by atoms with Crippen molar-refractivity contribution in [3.05, 3.63) is 48.7 Å². The number of thioether (sulfide) groups is 1. The third-order valence-electron chi connectivity index (χ3n) is 5.25. The molecule has 0 heterocycles. The number of carbonyl (C=O) groups excluding carboxylic acids is 4. The van der Waals surface area contributed by atoms with Gasteiger partial charge in [-0.3, -0.25) is 24.4 Å². The summed E-state index contributed by atoms with van der Waals surface area (Å²) in [6.45, 7) is 6.42. The van der Waals surface area contributed by atoms with Crippen LogP contribution in [0.2, 0.25) is 0 Å². The lowest BCUT2D eigenvalue weighted by atomic mass is 10.1. The number of nitrogens with one attached hydrogen (secondary N) is 2. The van der Waals surface area contributed by atoms with Crippen molar-refractivity contribution in [1.82, 2.24) is 10.2 Å². The molecule has 200 valence electrons. The summed E-state index contributed by atoms with van der Waals surface area (Å²) < 4.78 is 0. The number of hydrogen-bond acceptors (Lipinski definition) is 8. The Morgan fingerprint density at radius 3 is 2.46 bits per heavy atom. The van der Waals surface area contributed by atoms with Crippen molar-refractivity contribution in [3.63, 3.8) is 0 Å². The van der Waals surface area contributed by atoms with Crippen molar-refractivity contribution in [2.24, 2.45) is 15.7 Å². The van der Waals surface area contributed by atoms with Crippen molar-refractivity contribution in [1.29, 1.82) is 5.41 Å². The van der Waals surface area contributed by atoms with Crippen LogP contribution >= 0.6 is 11.8 Å². The molecule has 2 amide bonds. The zero-order valence-corrected chi connectivity index (χ0v) is 22.5. The van der Waals surface area contributed by atoms with E-state index in [1.165, 1.54) is 31.9 Å². The summed E-state index contributed by atoms with van der Waals surface area (Å²) >= 11 is 1.46. The van der Waals surface area contributed by atoms with Crippen molar-refractivity contribution < 1.29 is 19.2 Å². The van der Waals surface area contributed by atoms with E-state index in [9.17, 15) is 19.2 Å². The summed E-state index contributed by atoms with van der Waals surface area (Å²) in [7, 11) is 1.51. The summed E-state index contributed by atoms with van der Waals surface area (Å²) in [6, 6.07) is 8.82. The third-order valence-corrected chi connectivity index (χ3v) is 6.31. The molecule has 37 heavy (non-hydrogen) atoms. The molecule has 0 saturated carbocycles. The summed E-state index contributed by atoms with van der Waals surface area (Å²) in [6.07, 6.45) is 1.99. The van der Waals surface area contributed by atoms with Crippen LogP contribution in [0.5, 0.6) is 0 Å². The summed E-state index contributed by atoms with van der Waals surface area (Å²) in [5, 5.41) is 10.7. The van der Waals surface area contributed by atoms with Gasteiger partial charge >= 0.3 is 0 Å². The fourth-order valence-electron chi connectivity index (χ4n) is 3.22. The highest BCUT2D eigenvalue weighted by molar-refractivity contribution is 7.99. The predicted octanol–water partition coefficient (Wildman–Crippen LogP) is 2.17. The Morgan fingerprint density at radius 2 is 1.89 bits per heavy atom. The van der Waals surface area contributed by atoms with Crippen LogP contribution in [0.1, 0.15) is 38.7 Å². The Hall–Kier alpha value is -3.60. The first-order valence-electron chi connectivity index (χ1n) is 11.8. The molecule has 0 aliphatic carbocycles. The first-order valence-corrected chi connectivity index (χ1v) is 13.0. The Labute approximate surface area is 222 Å². The van der Waals surface area contributed by atoms with Crippen molar-refractivity contribution in [3.8, 4) is 0 Å². The maximum Gasteiger partial charge on any atom is 0.293 e. The Morgan fingerprint density at radius 1 is 1.22 bits per heavy atom. The molecule has 0 fully saturated rings. The molecule has 11 heteroatoms. The number of benzene rings is 1. The van der Waals surface area contributed by atoms with Crippen LogP contribution in [0.4, 0.5) is 0 Å². The van der Waals surface area contributed by atoms with E-state index in [-0.39, 0.29) is 49.0 Å². The second kappa shape index (κ2) is 17.0. The highest BCUT2D eigenvalue weighted by atomic mass is 32.2. The van der Waals surface area contributed by atoms with E-state index in [0.29, 0.717) is 17.9 Å². The number of nitrogens with zero attached hydrogens (tertiary/aromatic N) is 3. The fraction of sp³-hybridized carbons (Fsp3) is 0.423. The lowest BCUT2D eigenvalue weighted by Gasteiger charge is -2.26. The highest BCUT2D eigenvalue weighted by Gasteiger charge is 2.28. The van der Waals surface area contributed by atoms with Crippen LogP contribution in [0, 0.1) is 5.41 Å². The van der Waals surface area contributed by atoms with E-state index in [0.717, 1.165) is 10.5 Å². The van der Waals surface area contributed by atoms with Gasteiger partial charge in [0.1, 0.15) is 11.8 Å². The fourth-order valence-corrected chi connectivity index (χ4v) is 4.08. The lowest BCUT2D eigenvalue weighted by molar-refractivity contribution is -0.134. The Kier molecular flexibility index (Phi) is 14.4. The van der Waals surface area contributed by atoms with Gasteiger partial charge in [0.15, 0.2) is 11.6 Å². The monoisotopic (exact) mass is 528 g/mol. The Balaban J connectivity index is 2.67. The van der Waals surface area contributed by atoms with E-state index in [4.69, 9.17) is 11.1 Å². The van der Waals surface area contributed by atoms with Crippen LogP contribution in [0.25, 0.3) is 0 Å². The van der Waals surface area contributed by atoms with Gasteiger partial charge in [0.25, 0.3) is 5.91 Å². The molecule has 10 nitrogen and oxygen atoms in total. The second-order valence-electron chi connectivity index (χ2n) is 8.11. The SMILES string of the molecule is C=CN(C(=O)C(N)=NCC(=N)C(CCC(C)=O)=NC)C(CC)C(=O)NCC(=O)CSCc1ccccc1. The number of amides is 2. The van der Waals surface area contributed by atoms with Gasteiger partial charge in [0, 0.05) is 25.4 Å². The molecule has 1 unspecified atom stereocenters. The van der Waals surface area contributed by atoms with Crippen LogP contribution < -0.4 is 11.1 Å². The zero-order chi connectivity index (χ0) is 27.8. The van der Waals surface area contributed by atoms with Crippen molar-refractivity contribution in [2.45, 2.75) is 44.9 Å². The maximum atomic E-state index is 12.9. The number of nitrogens with two attached hydrogens (primary N) is 1. The second-order valence-corrected chi connectivity index (χ2v) is 9.09. The predicted molar refractivity (Wildman–Crippen MR) is 149 cm³/mol. The molecular weight excluding hydrogens is 492 g/mol. The number of carbonyl (C=O) groups is 4. The molecule has 1 atom stereocenters. The minimum absolute atomic E-state index is 0.0229. The zero-order valence-electron chi connectivity index (χ0n) is 21.7. The largest absolute Gasteiger partial charge is 0.379 e. The molecule has 0 radical (unpaired) electrons. The minimum Gasteiger partial charge on any atom is -0.379 e. The minimum atomic E-state index is -0.939. The number of ketones is 2. The molecule has 1 rings (SSSR count). The highest BCUT2D eigenvalue weighted by Crippen LogP contribution is 2.11. The summed E-state index contributed by atoms with van der Waals surface area (Å²) in [5.74, 6) is -0.877. The molecule has 0 aromatic heterocycles. The van der Waals surface area contributed by atoms with E-state index in [1.54, 1.807) is 6.92 Å². The van der Waals surface area contributed by atoms with E-state index in [2.05, 4.69) is 21.9 Å². The number of Topliss-reactive ketones (excluding diaryl/α,β-unsaturated/α-hetero) is 2. The normalized spacial score (nSPS) is 12.4. The topological polar surface area (TPSA) is 158 Å². The number of rotatable bonds is 16. The first kappa shape index (κ1) is 31.4. The Bertz CT molecular complexity index is 1040. The van der Waals surface area contributed by atoms with Gasteiger partial charge in [-0.15, -0.1) is 11.8 Å². The van der Waals surface area contributed by atoms with Crippen LogP contribution in [0.3, 0.4) is 0 Å². The molecule has 0 saturated heterocycles. The van der Waals surface area contributed by atoms with E-state index < -0.39 is 23.7 Å². The number of aliphatic imine (C=N–C) groups is 2.